The highest BCUT2D eigenvalue weighted by Gasteiger charge is 2.35. The summed E-state index contributed by atoms with van der Waals surface area (Å²) < 4.78 is 0. The highest BCUT2D eigenvalue weighted by Crippen LogP contribution is 1.96. The van der Waals surface area contributed by atoms with Crippen LogP contribution in [0.15, 0.2) is 0 Å². The van der Waals surface area contributed by atoms with E-state index in [0.717, 1.165) is 24.3 Å². The van der Waals surface area contributed by atoms with Crippen molar-refractivity contribution in [3.63, 3.8) is 0 Å². The zero-order chi connectivity index (χ0) is 12.8. The minimum absolute atomic E-state index is 0.259. The van der Waals surface area contributed by atoms with Crippen LogP contribution in [0.2, 0.25) is 0 Å². The average molecular weight is 230 g/mol. The maximum absolute atomic E-state index is 11.8. The Morgan fingerprint density at radius 3 is 2.38 bits per heavy atom. The maximum Gasteiger partial charge on any atom is 0.281 e. The molecule has 2 N–H and O–H groups in total. The van der Waals surface area contributed by atoms with Gasteiger partial charge in [0, 0.05) is 0 Å². The fraction of sp³-hybridized carbons (Fsp3) is 0.818. The number of carboxylic acids is 1. The van der Waals surface area contributed by atoms with Crippen LogP contribution in [0.25, 0.3) is 0 Å². The van der Waals surface area contributed by atoms with Crippen LogP contribution in [0.5, 0.6) is 0 Å². The van der Waals surface area contributed by atoms with Gasteiger partial charge in [-0.15, -0.1) is 0 Å². The number of likely N-dealkylation sites (N-methyl/N-ethyl adjacent to an activating group) is 1. The van der Waals surface area contributed by atoms with Crippen LogP contribution in [0.4, 0.5) is 0 Å². The van der Waals surface area contributed by atoms with E-state index >= 15 is 0 Å². The summed E-state index contributed by atoms with van der Waals surface area (Å²) in [5, 5.41) is 12.6. The molecular weight excluding hydrogens is 208 g/mol. The summed E-state index contributed by atoms with van der Waals surface area (Å²) in [4.78, 5) is 23.1. The van der Waals surface area contributed by atoms with Gasteiger partial charge in [0.2, 0.25) is 0 Å². The molecule has 0 heterocycles. The van der Waals surface area contributed by atoms with E-state index < -0.39 is 18.1 Å². The molecule has 16 heavy (non-hydrogen) atoms. The van der Waals surface area contributed by atoms with Crippen molar-refractivity contribution >= 4 is 11.9 Å². The predicted molar refractivity (Wildman–Crippen MR) is 58.8 cm³/mol. The number of carbonyl (C=O) groups excluding carboxylic acids is 2. The highest BCUT2D eigenvalue weighted by atomic mass is 16.4. The Labute approximate surface area is 96.8 Å². The van der Waals surface area contributed by atoms with Crippen molar-refractivity contribution in [2.24, 2.45) is 0 Å². The van der Waals surface area contributed by atoms with Crippen LogP contribution < -0.4 is 15.3 Å². The molecule has 1 atom stereocenters. The van der Waals surface area contributed by atoms with E-state index in [2.05, 4.69) is 12.2 Å². The van der Waals surface area contributed by atoms with Gasteiger partial charge < -0.3 is 20.1 Å². The van der Waals surface area contributed by atoms with Crippen LogP contribution in [0.1, 0.15) is 33.6 Å². The SMILES string of the molecule is CCCC[NH+](C)C(C)(C)C(=O)NCC(=O)[O-]. The van der Waals surface area contributed by atoms with E-state index in [1.807, 2.05) is 20.9 Å². The van der Waals surface area contributed by atoms with Gasteiger partial charge in [-0.25, -0.2) is 0 Å². The van der Waals surface area contributed by atoms with Crippen LogP contribution in [0.3, 0.4) is 0 Å². The third kappa shape index (κ3) is 4.61. The fourth-order valence-corrected chi connectivity index (χ4v) is 1.32. The monoisotopic (exact) mass is 230 g/mol. The molecule has 5 nitrogen and oxygen atoms in total. The van der Waals surface area contributed by atoms with Crippen LogP contribution >= 0.6 is 0 Å². The molecule has 0 spiro atoms. The maximum atomic E-state index is 11.8. The minimum atomic E-state index is -1.27. The lowest BCUT2D eigenvalue weighted by molar-refractivity contribution is -0.919. The lowest BCUT2D eigenvalue weighted by atomic mass is 10.0. The Bertz CT molecular complexity index is 252. The number of nitrogens with one attached hydrogen (secondary N) is 2. The van der Waals surface area contributed by atoms with E-state index in [-0.39, 0.29) is 5.91 Å². The molecule has 0 aliphatic heterocycles. The molecule has 0 aliphatic carbocycles. The standard InChI is InChI=1S/C11H22N2O3/c1-5-6-7-13(4)11(2,3)10(16)12-8-9(14)15/h5-8H2,1-4H3,(H,12,16)(H,14,15). The van der Waals surface area contributed by atoms with Crippen molar-refractivity contribution in [3.05, 3.63) is 0 Å². The second kappa shape index (κ2) is 6.48. The summed E-state index contributed by atoms with van der Waals surface area (Å²) in [6, 6.07) is 0. The van der Waals surface area contributed by atoms with Gasteiger partial charge in [-0.3, -0.25) is 4.79 Å². The van der Waals surface area contributed by atoms with Crippen molar-refractivity contribution < 1.29 is 19.6 Å². The molecule has 94 valence electrons. The van der Waals surface area contributed by atoms with Gasteiger partial charge in [0.25, 0.3) is 5.91 Å². The van der Waals surface area contributed by atoms with Gasteiger partial charge in [0.1, 0.15) is 0 Å². The van der Waals surface area contributed by atoms with Gasteiger partial charge in [-0.1, -0.05) is 13.3 Å². The van der Waals surface area contributed by atoms with Crippen molar-refractivity contribution in [2.45, 2.75) is 39.2 Å². The molecule has 0 bridgehead atoms. The van der Waals surface area contributed by atoms with E-state index in [4.69, 9.17) is 0 Å². The third-order valence-electron chi connectivity index (χ3n) is 2.93. The number of carboxylic acid groups (broad SMARTS) is 1. The molecule has 0 rings (SSSR count). The summed E-state index contributed by atoms with van der Waals surface area (Å²) in [6.07, 6.45) is 2.12. The number of rotatable bonds is 7. The summed E-state index contributed by atoms with van der Waals surface area (Å²) in [5.41, 5.74) is -0.620. The summed E-state index contributed by atoms with van der Waals surface area (Å²) in [7, 11) is 1.94. The Hall–Kier alpha value is -1.10. The number of amides is 1. The molecule has 0 aliphatic rings. The first-order valence-corrected chi connectivity index (χ1v) is 5.63. The molecule has 0 aromatic carbocycles. The van der Waals surface area contributed by atoms with Crippen molar-refractivity contribution in [2.75, 3.05) is 20.1 Å². The van der Waals surface area contributed by atoms with Gasteiger partial charge in [0.05, 0.1) is 26.1 Å². The normalized spacial score (nSPS) is 13.2. The summed E-state index contributed by atoms with van der Waals surface area (Å²) in [6.45, 7) is 6.17. The lowest BCUT2D eigenvalue weighted by Gasteiger charge is -2.31. The van der Waals surface area contributed by atoms with Gasteiger partial charge in [0.15, 0.2) is 5.54 Å². The fourth-order valence-electron chi connectivity index (χ4n) is 1.32. The number of aliphatic carboxylic acids is 1. The van der Waals surface area contributed by atoms with Crippen molar-refractivity contribution in [1.29, 1.82) is 0 Å². The Morgan fingerprint density at radius 2 is 1.94 bits per heavy atom. The first kappa shape index (κ1) is 14.9. The molecule has 0 saturated carbocycles. The van der Waals surface area contributed by atoms with E-state index in [1.54, 1.807) is 0 Å². The number of hydrogen-bond acceptors (Lipinski definition) is 3. The number of unbranched alkanes of at least 4 members (excludes halogenated alkanes) is 1. The Morgan fingerprint density at radius 1 is 1.38 bits per heavy atom. The van der Waals surface area contributed by atoms with E-state index in [1.165, 1.54) is 0 Å². The quantitative estimate of drug-likeness (QED) is 0.528. The summed E-state index contributed by atoms with van der Waals surface area (Å²) in [5.74, 6) is -1.53. The van der Waals surface area contributed by atoms with Gasteiger partial charge in [-0.05, 0) is 20.3 Å². The Balaban J connectivity index is 4.27. The predicted octanol–water partition coefficient (Wildman–Crippen LogP) is -2.05. The van der Waals surface area contributed by atoms with Crippen LogP contribution in [-0.2, 0) is 9.59 Å². The first-order chi connectivity index (χ1) is 7.32. The Kier molecular flexibility index (Phi) is 6.03. The first-order valence-electron chi connectivity index (χ1n) is 5.63. The zero-order valence-corrected chi connectivity index (χ0v) is 10.6. The molecule has 0 radical (unpaired) electrons. The second-order valence-corrected chi connectivity index (χ2v) is 4.56. The molecule has 5 heteroatoms. The molecular formula is C11H22N2O3. The lowest BCUT2D eigenvalue weighted by Crippen LogP contribution is -3.18. The molecule has 0 saturated heterocycles. The summed E-state index contributed by atoms with van der Waals surface area (Å²) >= 11 is 0. The molecule has 1 unspecified atom stereocenters. The molecule has 0 fully saturated rings. The number of quaternary nitrogens is 1. The number of carbonyl (C=O) groups is 2. The average Bonchev–Trinajstić information content (AvgIpc) is 2.21. The third-order valence-corrected chi connectivity index (χ3v) is 2.93. The molecule has 0 aromatic heterocycles. The van der Waals surface area contributed by atoms with Crippen molar-refractivity contribution in [3.8, 4) is 0 Å². The largest absolute Gasteiger partial charge is 0.548 e. The minimum Gasteiger partial charge on any atom is -0.548 e. The van der Waals surface area contributed by atoms with Crippen molar-refractivity contribution in [1.82, 2.24) is 5.32 Å². The smallest absolute Gasteiger partial charge is 0.281 e. The molecule has 1 amide bonds. The van der Waals surface area contributed by atoms with Gasteiger partial charge in [-0.2, -0.15) is 0 Å². The van der Waals surface area contributed by atoms with E-state index in [9.17, 15) is 14.7 Å². The van der Waals surface area contributed by atoms with E-state index in [0.29, 0.717) is 0 Å². The van der Waals surface area contributed by atoms with Gasteiger partial charge >= 0.3 is 0 Å². The van der Waals surface area contributed by atoms with Crippen LogP contribution in [-0.4, -0.2) is 37.6 Å². The topological polar surface area (TPSA) is 73.7 Å². The number of hydrogen-bond donors (Lipinski definition) is 2. The van der Waals surface area contributed by atoms with Crippen LogP contribution in [0, 0.1) is 0 Å². The second-order valence-electron chi connectivity index (χ2n) is 4.56. The highest BCUT2D eigenvalue weighted by molar-refractivity contribution is 5.86. The zero-order valence-electron chi connectivity index (χ0n) is 10.6. The molecule has 0 aromatic rings.